The summed E-state index contributed by atoms with van der Waals surface area (Å²) in [5, 5.41) is 6.10. The SMILES string of the molecule is c1ccc2c(c1)SCC2CNC1CCCc2sccc21. The second-order valence-corrected chi connectivity index (χ2v) is 7.76. The molecule has 1 aromatic heterocycles. The minimum absolute atomic E-state index is 0.586. The zero-order valence-corrected chi connectivity index (χ0v) is 13.1. The first-order chi connectivity index (χ1) is 9.92. The molecule has 2 atom stereocenters. The summed E-state index contributed by atoms with van der Waals surface area (Å²) in [7, 11) is 0. The van der Waals surface area contributed by atoms with E-state index in [1.54, 1.807) is 16.0 Å². The Morgan fingerprint density at radius 1 is 1.15 bits per heavy atom. The van der Waals surface area contributed by atoms with Crippen LogP contribution in [0.4, 0.5) is 0 Å². The average Bonchev–Trinajstić information content (AvgIpc) is 3.12. The third-order valence-corrected chi connectivity index (χ3v) is 6.71. The lowest BCUT2D eigenvalue weighted by Gasteiger charge is -2.25. The lowest BCUT2D eigenvalue weighted by atomic mass is 9.93. The van der Waals surface area contributed by atoms with E-state index >= 15 is 0 Å². The van der Waals surface area contributed by atoms with Crippen LogP contribution < -0.4 is 5.32 Å². The minimum Gasteiger partial charge on any atom is -0.309 e. The first kappa shape index (κ1) is 12.9. The van der Waals surface area contributed by atoms with Crippen LogP contribution in [0.2, 0.25) is 0 Å². The molecule has 2 unspecified atom stereocenters. The summed E-state index contributed by atoms with van der Waals surface area (Å²) in [5.41, 5.74) is 3.12. The summed E-state index contributed by atoms with van der Waals surface area (Å²) < 4.78 is 0. The molecule has 1 aromatic carbocycles. The number of rotatable bonds is 3. The molecular weight excluding hydrogens is 282 g/mol. The quantitative estimate of drug-likeness (QED) is 0.889. The molecule has 2 aromatic rings. The van der Waals surface area contributed by atoms with Gasteiger partial charge in [0.1, 0.15) is 0 Å². The molecule has 2 heterocycles. The fourth-order valence-corrected chi connectivity index (χ4v) is 5.62. The fraction of sp³-hybridized carbons (Fsp3) is 0.412. The van der Waals surface area contributed by atoms with Crippen molar-refractivity contribution in [1.29, 1.82) is 0 Å². The second-order valence-electron chi connectivity index (χ2n) is 5.70. The molecule has 1 N–H and O–H groups in total. The molecule has 0 amide bonds. The molecule has 20 heavy (non-hydrogen) atoms. The summed E-state index contributed by atoms with van der Waals surface area (Å²) in [6.07, 6.45) is 3.92. The lowest BCUT2D eigenvalue weighted by molar-refractivity contribution is 0.451. The lowest BCUT2D eigenvalue weighted by Crippen LogP contribution is -2.28. The number of nitrogens with one attached hydrogen (secondary N) is 1. The van der Waals surface area contributed by atoms with Crippen LogP contribution in [0.25, 0.3) is 0 Å². The van der Waals surface area contributed by atoms with Crippen LogP contribution in [0.1, 0.15) is 40.8 Å². The molecule has 1 nitrogen and oxygen atoms in total. The van der Waals surface area contributed by atoms with E-state index in [1.807, 2.05) is 23.1 Å². The minimum atomic E-state index is 0.586. The van der Waals surface area contributed by atoms with Crippen LogP contribution in [0, 0.1) is 0 Å². The molecule has 0 fully saturated rings. The van der Waals surface area contributed by atoms with Crippen molar-refractivity contribution < 1.29 is 0 Å². The van der Waals surface area contributed by atoms with Crippen molar-refractivity contribution in [3.8, 4) is 0 Å². The largest absolute Gasteiger partial charge is 0.309 e. The maximum atomic E-state index is 3.84. The second kappa shape index (κ2) is 5.55. The highest BCUT2D eigenvalue weighted by Crippen LogP contribution is 2.40. The molecule has 0 radical (unpaired) electrons. The number of thiophene rings is 1. The van der Waals surface area contributed by atoms with Crippen LogP contribution in [0.15, 0.2) is 40.6 Å². The highest BCUT2D eigenvalue weighted by atomic mass is 32.2. The molecule has 1 aliphatic carbocycles. The van der Waals surface area contributed by atoms with Crippen LogP contribution in [-0.4, -0.2) is 12.3 Å². The van der Waals surface area contributed by atoms with Gasteiger partial charge in [-0.1, -0.05) is 18.2 Å². The normalized spacial score (nSPS) is 24.4. The number of thioether (sulfide) groups is 1. The van der Waals surface area contributed by atoms with E-state index in [9.17, 15) is 0 Å². The predicted octanol–water partition coefficient (Wildman–Crippen LogP) is 4.60. The van der Waals surface area contributed by atoms with Crippen molar-refractivity contribution in [2.75, 3.05) is 12.3 Å². The molecule has 0 saturated carbocycles. The summed E-state index contributed by atoms with van der Waals surface area (Å²) in [6, 6.07) is 11.8. The van der Waals surface area contributed by atoms with Gasteiger partial charge in [-0.05, 0) is 47.9 Å². The van der Waals surface area contributed by atoms with Gasteiger partial charge in [0.05, 0.1) is 0 Å². The Kier molecular flexibility index (Phi) is 3.59. The summed E-state index contributed by atoms with van der Waals surface area (Å²) in [5.74, 6) is 1.91. The Morgan fingerprint density at radius 3 is 3.10 bits per heavy atom. The third kappa shape index (κ3) is 2.32. The zero-order chi connectivity index (χ0) is 13.4. The van der Waals surface area contributed by atoms with Crippen molar-refractivity contribution >= 4 is 23.1 Å². The number of hydrogen-bond acceptors (Lipinski definition) is 3. The molecule has 1 aliphatic heterocycles. The number of aryl methyl sites for hydroxylation is 1. The maximum Gasteiger partial charge on any atom is 0.0331 e. The van der Waals surface area contributed by atoms with Crippen molar-refractivity contribution in [2.45, 2.75) is 36.1 Å². The Morgan fingerprint density at radius 2 is 2.10 bits per heavy atom. The van der Waals surface area contributed by atoms with Gasteiger partial charge in [-0.15, -0.1) is 23.1 Å². The van der Waals surface area contributed by atoms with Gasteiger partial charge in [-0.2, -0.15) is 0 Å². The van der Waals surface area contributed by atoms with Gasteiger partial charge in [0.25, 0.3) is 0 Å². The number of fused-ring (bicyclic) bond motifs is 2. The maximum absolute atomic E-state index is 3.84. The van der Waals surface area contributed by atoms with E-state index < -0.39 is 0 Å². The van der Waals surface area contributed by atoms with Gasteiger partial charge in [0.2, 0.25) is 0 Å². The van der Waals surface area contributed by atoms with Gasteiger partial charge < -0.3 is 5.32 Å². The van der Waals surface area contributed by atoms with Gasteiger partial charge in [0, 0.05) is 34.0 Å². The molecule has 0 saturated heterocycles. The van der Waals surface area contributed by atoms with Gasteiger partial charge in [0.15, 0.2) is 0 Å². The first-order valence-corrected chi connectivity index (χ1v) is 9.30. The molecule has 3 heteroatoms. The topological polar surface area (TPSA) is 12.0 Å². The van der Waals surface area contributed by atoms with Crippen molar-refractivity contribution in [3.63, 3.8) is 0 Å². The Labute approximate surface area is 128 Å². The smallest absolute Gasteiger partial charge is 0.0331 e. The zero-order valence-electron chi connectivity index (χ0n) is 11.5. The fourth-order valence-electron chi connectivity index (χ4n) is 3.38. The summed E-state index contributed by atoms with van der Waals surface area (Å²) >= 11 is 3.94. The van der Waals surface area contributed by atoms with E-state index in [0.717, 1.165) is 6.54 Å². The number of benzene rings is 1. The highest BCUT2D eigenvalue weighted by Gasteiger charge is 2.25. The highest BCUT2D eigenvalue weighted by molar-refractivity contribution is 7.99. The molecule has 104 valence electrons. The van der Waals surface area contributed by atoms with E-state index in [-0.39, 0.29) is 0 Å². The average molecular weight is 301 g/mol. The number of hydrogen-bond donors (Lipinski definition) is 1. The first-order valence-electron chi connectivity index (χ1n) is 7.43. The van der Waals surface area contributed by atoms with Crippen molar-refractivity contribution in [2.24, 2.45) is 0 Å². The summed E-state index contributed by atoms with van der Waals surface area (Å²) in [6.45, 7) is 1.12. The Hall–Kier alpha value is -0.770. The van der Waals surface area contributed by atoms with Gasteiger partial charge in [-0.3, -0.25) is 0 Å². The predicted molar refractivity (Wildman–Crippen MR) is 87.9 cm³/mol. The van der Waals surface area contributed by atoms with E-state index in [4.69, 9.17) is 0 Å². The monoisotopic (exact) mass is 301 g/mol. The van der Waals surface area contributed by atoms with Crippen LogP contribution in [0.3, 0.4) is 0 Å². The van der Waals surface area contributed by atoms with Gasteiger partial charge in [-0.25, -0.2) is 0 Å². The molecule has 2 aliphatic rings. The molecule has 4 rings (SSSR count). The Bertz CT molecular complexity index is 605. The van der Waals surface area contributed by atoms with Crippen molar-refractivity contribution in [1.82, 2.24) is 5.32 Å². The van der Waals surface area contributed by atoms with Gasteiger partial charge >= 0.3 is 0 Å². The summed E-state index contributed by atoms with van der Waals surface area (Å²) in [4.78, 5) is 3.09. The van der Waals surface area contributed by atoms with Crippen LogP contribution in [0.5, 0.6) is 0 Å². The standard InChI is InChI=1S/C17H19NS2/c1-2-6-16-13(4-1)12(11-20-16)10-18-15-5-3-7-17-14(15)8-9-19-17/h1-2,4,6,8-9,12,15,18H,3,5,7,10-11H2. The van der Waals surface area contributed by atoms with E-state index in [1.165, 1.54) is 29.9 Å². The Balaban J connectivity index is 1.46. The third-order valence-electron chi connectivity index (χ3n) is 4.46. The molecule has 0 bridgehead atoms. The molecular formula is C17H19NS2. The molecule has 0 spiro atoms. The van der Waals surface area contributed by atoms with E-state index in [2.05, 4.69) is 41.0 Å². The van der Waals surface area contributed by atoms with Crippen molar-refractivity contribution in [3.05, 3.63) is 51.7 Å². The van der Waals surface area contributed by atoms with E-state index in [0.29, 0.717) is 12.0 Å². The van der Waals surface area contributed by atoms with Crippen LogP contribution in [-0.2, 0) is 6.42 Å². The van der Waals surface area contributed by atoms with Crippen LogP contribution >= 0.6 is 23.1 Å².